The molecule has 3 N–H and O–H groups in total. The van der Waals surface area contributed by atoms with Gasteiger partial charge in [0.2, 0.25) is 10.0 Å². The van der Waals surface area contributed by atoms with Crippen molar-refractivity contribution in [1.82, 2.24) is 14.1 Å². The number of nitrogens with two attached hydrogens (primary N) is 1. The predicted molar refractivity (Wildman–Crippen MR) is 113 cm³/mol. The lowest BCUT2D eigenvalue weighted by molar-refractivity contribution is 0.598. The number of hydrogen-bond donors (Lipinski definition) is 2. The molecular formula is C18H14Cl2N4O4S. The minimum absolute atomic E-state index is 0.0375. The van der Waals surface area contributed by atoms with E-state index in [2.05, 4.69) is 4.98 Å². The first-order valence-corrected chi connectivity index (χ1v) is 10.5. The molecule has 4 aromatic rings. The summed E-state index contributed by atoms with van der Waals surface area (Å²) in [7, 11) is -1.40. The van der Waals surface area contributed by atoms with Gasteiger partial charge in [-0.05, 0) is 18.2 Å². The van der Waals surface area contributed by atoms with E-state index in [0.717, 1.165) is 4.57 Å². The molecule has 0 bridgehead atoms. The number of nitrogens with one attached hydrogen (secondary N) is 1. The van der Waals surface area contributed by atoms with Gasteiger partial charge in [-0.25, -0.2) is 18.4 Å². The summed E-state index contributed by atoms with van der Waals surface area (Å²) in [4.78, 5) is 28.1. The van der Waals surface area contributed by atoms with Gasteiger partial charge in [0, 0.05) is 36.8 Å². The topological polar surface area (TPSA) is 120 Å². The first kappa shape index (κ1) is 19.7. The van der Waals surface area contributed by atoms with E-state index < -0.39 is 21.3 Å². The summed E-state index contributed by atoms with van der Waals surface area (Å²) in [6.07, 6.45) is 1.51. The number of aromatic amines is 1. The molecule has 0 fully saturated rings. The van der Waals surface area contributed by atoms with E-state index in [9.17, 15) is 18.0 Å². The minimum Gasteiger partial charge on any atom is -0.359 e. The monoisotopic (exact) mass is 452 g/mol. The van der Waals surface area contributed by atoms with Gasteiger partial charge in [0.15, 0.2) is 0 Å². The lowest BCUT2D eigenvalue weighted by Crippen LogP contribution is -2.37. The maximum Gasteiger partial charge on any atom is 0.330 e. The smallest absolute Gasteiger partial charge is 0.330 e. The van der Waals surface area contributed by atoms with Crippen LogP contribution in [0.1, 0.15) is 0 Å². The highest BCUT2D eigenvalue weighted by Crippen LogP contribution is 2.40. The zero-order chi connectivity index (χ0) is 21.2. The summed E-state index contributed by atoms with van der Waals surface area (Å²) in [5, 5.41) is 6.66. The molecule has 8 nitrogen and oxygen atoms in total. The predicted octanol–water partition coefficient (Wildman–Crippen LogP) is 2.34. The highest BCUT2D eigenvalue weighted by atomic mass is 35.5. The summed E-state index contributed by atoms with van der Waals surface area (Å²) in [5.41, 5.74) is -0.0505. The first-order chi connectivity index (χ1) is 13.5. The van der Waals surface area contributed by atoms with Crippen molar-refractivity contribution < 1.29 is 8.42 Å². The van der Waals surface area contributed by atoms with Crippen LogP contribution in [0.15, 0.2) is 44.9 Å². The minimum atomic E-state index is -4.21. The molecule has 0 spiro atoms. The van der Waals surface area contributed by atoms with E-state index in [0.29, 0.717) is 26.5 Å². The van der Waals surface area contributed by atoms with Crippen LogP contribution >= 0.6 is 23.2 Å². The van der Waals surface area contributed by atoms with Gasteiger partial charge in [-0.15, -0.1) is 0 Å². The van der Waals surface area contributed by atoms with Crippen LogP contribution in [0.4, 0.5) is 0 Å². The summed E-state index contributed by atoms with van der Waals surface area (Å²) in [6, 6.07) is 5.79. The molecule has 11 heteroatoms. The quantitative estimate of drug-likeness (QED) is 0.484. The van der Waals surface area contributed by atoms with E-state index in [1.165, 1.54) is 37.0 Å². The number of aryl methyl sites for hydroxylation is 1. The Bertz CT molecular complexity index is 1570. The number of hydrogen-bond acceptors (Lipinski definition) is 4. The van der Waals surface area contributed by atoms with Crippen LogP contribution in [0.5, 0.6) is 0 Å². The number of benzene rings is 2. The summed E-state index contributed by atoms with van der Waals surface area (Å²) in [5.74, 6) is 0. The Hall–Kier alpha value is -2.59. The number of fused-ring (bicyclic) bond motifs is 2. The van der Waals surface area contributed by atoms with Gasteiger partial charge in [0.25, 0.3) is 5.56 Å². The van der Waals surface area contributed by atoms with Crippen LogP contribution in [0.25, 0.3) is 32.9 Å². The number of H-pyrrole nitrogens is 1. The molecule has 0 aliphatic rings. The SMILES string of the molecule is Cn1c(=O)c2c(-c3ccc(Cl)c4c(Cl)c[nH]c34)c(S(N)(=O)=O)ccc2n(C)c1=O. The Morgan fingerprint density at radius 3 is 2.31 bits per heavy atom. The molecule has 29 heavy (non-hydrogen) atoms. The molecule has 4 rings (SSSR count). The van der Waals surface area contributed by atoms with E-state index in [-0.39, 0.29) is 21.4 Å². The van der Waals surface area contributed by atoms with E-state index >= 15 is 0 Å². The first-order valence-electron chi connectivity index (χ1n) is 8.25. The van der Waals surface area contributed by atoms with Gasteiger partial charge < -0.3 is 4.98 Å². The Labute approximate surface area is 174 Å². The molecule has 0 atom stereocenters. The van der Waals surface area contributed by atoms with Crippen molar-refractivity contribution in [2.24, 2.45) is 19.2 Å². The molecule has 0 amide bonds. The zero-order valence-electron chi connectivity index (χ0n) is 15.2. The van der Waals surface area contributed by atoms with Crippen molar-refractivity contribution in [2.75, 3.05) is 0 Å². The van der Waals surface area contributed by atoms with E-state index in [4.69, 9.17) is 28.3 Å². The Morgan fingerprint density at radius 2 is 1.66 bits per heavy atom. The average molecular weight is 453 g/mol. The van der Waals surface area contributed by atoms with Gasteiger partial charge in [-0.3, -0.25) is 13.9 Å². The Kier molecular flexibility index (Phi) is 4.39. The number of halogens is 2. The maximum atomic E-state index is 13.0. The number of rotatable bonds is 2. The molecule has 0 unspecified atom stereocenters. The second-order valence-corrected chi connectivity index (χ2v) is 8.91. The van der Waals surface area contributed by atoms with Gasteiger partial charge in [-0.2, -0.15) is 0 Å². The summed E-state index contributed by atoms with van der Waals surface area (Å²) in [6.45, 7) is 0. The number of aromatic nitrogens is 3. The maximum absolute atomic E-state index is 13.0. The average Bonchev–Trinajstić information content (AvgIpc) is 3.06. The molecule has 2 aromatic carbocycles. The molecular weight excluding hydrogens is 439 g/mol. The summed E-state index contributed by atoms with van der Waals surface area (Å²) < 4.78 is 26.9. The molecule has 2 aromatic heterocycles. The van der Waals surface area contributed by atoms with Crippen LogP contribution in [0.2, 0.25) is 10.0 Å². The van der Waals surface area contributed by atoms with Gasteiger partial charge in [0.1, 0.15) is 0 Å². The van der Waals surface area contributed by atoms with Crippen molar-refractivity contribution in [2.45, 2.75) is 4.90 Å². The fourth-order valence-corrected chi connectivity index (χ4v) is 4.85. The molecule has 2 heterocycles. The van der Waals surface area contributed by atoms with Gasteiger partial charge in [0.05, 0.1) is 31.4 Å². The fourth-order valence-electron chi connectivity index (χ4n) is 3.53. The third-order valence-corrected chi connectivity index (χ3v) is 6.48. The van der Waals surface area contributed by atoms with Crippen molar-refractivity contribution in [3.63, 3.8) is 0 Å². The lowest BCUT2D eigenvalue weighted by atomic mass is 9.99. The largest absolute Gasteiger partial charge is 0.359 e. The Morgan fingerprint density at radius 1 is 0.966 bits per heavy atom. The molecule has 0 saturated carbocycles. The summed E-state index contributed by atoms with van der Waals surface area (Å²) >= 11 is 12.5. The highest BCUT2D eigenvalue weighted by Gasteiger charge is 2.25. The Balaban J connectivity index is 2.36. The highest BCUT2D eigenvalue weighted by molar-refractivity contribution is 7.89. The second-order valence-electron chi connectivity index (χ2n) is 6.57. The van der Waals surface area contributed by atoms with Crippen molar-refractivity contribution >= 4 is 55.0 Å². The van der Waals surface area contributed by atoms with Crippen molar-refractivity contribution in [3.8, 4) is 11.1 Å². The van der Waals surface area contributed by atoms with Crippen LogP contribution in [-0.2, 0) is 24.1 Å². The molecule has 0 radical (unpaired) electrons. The standard InChI is InChI=1S/C18H14Cl2N4O4S/c1-23-11-5-6-12(29(21,27)28)13(15(11)17(25)24(2)18(23)26)8-3-4-9(19)14-10(20)7-22-16(8)14/h3-7,22H,1-2H3,(H2,21,27,28). The van der Waals surface area contributed by atoms with Crippen LogP contribution < -0.4 is 16.4 Å². The van der Waals surface area contributed by atoms with Crippen molar-refractivity contribution in [3.05, 3.63) is 61.3 Å². The number of sulfonamides is 1. The van der Waals surface area contributed by atoms with Gasteiger partial charge >= 0.3 is 5.69 Å². The zero-order valence-corrected chi connectivity index (χ0v) is 17.5. The van der Waals surface area contributed by atoms with Crippen LogP contribution in [0, 0.1) is 0 Å². The molecule has 0 aliphatic heterocycles. The van der Waals surface area contributed by atoms with E-state index in [1.807, 2.05) is 0 Å². The van der Waals surface area contributed by atoms with E-state index in [1.54, 1.807) is 12.1 Å². The molecule has 150 valence electrons. The normalized spacial score (nSPS) is 12.2. The third kappa shape index (κ3) is 2.81. The third-order valence-electron chi connectivity index (χ3n) is 4.91. The molecule has 0 saturated heterocycles. The van der Waals surface area contributed by atoms with Crippen molar-refractivity contribution in [1.29, 1.82) is 0 Å². The number of primary sulfonamides is 1. The number of nitrogens with zero attached hydrogens (tertiary/aromatic N) is 2. The second kappa shape index (κ2) is 6.46. The van der Waals surface area contributed by atoms with Crippen LogP contribution in [-0.4, -0.2) is 22.5 Å². The molecule has 0 aliphatic carbocycles. The van der Waals surface area contributed by atoms with Crippen LogP contribution in [0.3, 0.4) is 0 Å². The van der Waals surface area contributed by atoms with Gasteiger partial charge in [-0.1, -0.05) is 29.3 Å². The lowest BCUT2D eigenvalue weighted by Gasteiger charge is -2.15. The fraction of sp³-hybridized carbons (Fsp3) is 0.111.